The quantitative estimate of drug-likeness (QED) is 0.254. The van der Waals surface area contributed by atoms with Gasteiger partial charge in [0.2, 0.25) is 0 Å². The van der Waals surface area contributed by atoms with E-state index in [1.165, 1.54) is 17.0 Å². The van der Waals surface area contributed by atoms with E-state index >= 15 is 0 Å². The second kappa shape index (κ2) is 9.63. The van der Waals surface area contributed by atoms with Crippen molar-refractivity contribution >= 4 is 35.0 Å². The van der Waals surface area contributed by atoms with Crippen molar-refractivity contribution in [1.29, 1.82) is 0 Å². The van der Waals surface area contributed by atoms with E-state index in [4.69, 9.17) is 11.6 Å². The molecule has 0 spiro atoms. The monoisotopic (exact) mass is 503 g/mol. The van der Waals surface area contributed by atoms with Gasteiger partial charge in [-0.2, -0.15) is 0 Å². The number of benzene rings is 3. The van der Waals surface area contributed by atoms with Gasteiger partial charge in [-0.15, -0.1) is 0 Å². The normalized spacial score (nSPS) is 17.4. The molecule has 1 aliphatic heterocycles. The zero-order valence-electron chi connectivity index (χ0n) is 20.2. The molecule has 3 aromatic rings. The van der Waals surface area contributed by atoms with E-state index in [0.29, 0.717) is 21.7 Å². The summed E-state index contributed by atoms with van der Waals surface area (Å²) in [6.07, 6.45) is 0. The second-order valence-electron chi connectivity index (χ2n) is 9.81. The third kappa shape index (κ3) is 4.90. The van der Waals surface area contributed by atoms with Gasteiger partial charge in [-0.1, -0.05) is 68.8 Å². The molecule has 1 aliphatic rings. The molecule has 4 rings (SSSR count). The highest BCUT2D eigenvalue weighted by Crippen LogP contribution is 2.41. The van der Waals surface area contributed by atoms with E-state index in [1.54, 1.807) is 36.4 Å². The van der Waals surface area contributed by atoms with Gasteiger partial charge < -0.3 is 15.1 Å². The third-order valence-electron chi connectivity index (χ3n) is 6.30. The zero-order valence-corrected chi connectivity index (χ0v) is 20.9. The van der Waals surface area contributed by atoms with Crippen molar-refractivity contribution < 1.29 is 24.6 Å². The molecule has 0 bridgehead atoms. The average molecular weight is 504 g/mol. The minimum Gasteiger partial charge on any atom is -0.507 e. The van der Waals surface area contributed by atoms with Gasteiger partial charge in [-0.25, -0.2) is 4.79 Å². The highest BCUT2D eigenvalue weighted by molar-refractivity contribution is 6.46. The number of nitrogens with zero attached hydrogens (tertiary/aromatic N) is 1. The number of hydrogen-bond donors (Lipinski definition) is 2. The summed E-state index contributed by atoms with van der Waals surface area (Å²) >= 11 is 5.98. The molecule has 3 aromatic carbocycles. The lowest BCUT2D eigenvalue weighted by Crippen LogP contribution is -2.29. The molecule has 1 atom stereocenters. The van der Waals surface area contributed by atoms with Crippen LogP contribution in [0, 0.1) is 0 Å². The molecule has 0 aliphatic carbocycles. The Hall–Kier alpha value is -3.90. The van der Waals surface area contributed by atoms with E-state index in [2.05, 4.69) is 20.8 Å². The maximum Gasteiger partial charge on any atom is 0.335 e. The van der Waals surface area contributed by atoms with Crippen molar-refractivity contribution in [3.05, 3.63) is 111 Å². The zero-order chi connectivity index (χ0) is 26.2. The first-order chi connectivity index (χ1) is 17.0. The van der Waals surface area contributed by atoms with Crippen LogP contribution in [0.3, 0.4) is 0 Å². The SMILES string of the molecule is CC(C)(C)c1ccc(C2/C(=C(\O)c3ccc(Cl)cc3)C(=O)C(=O)N2Cc2ccc(C(=O)O)cc2)cc1. The van der Waals surface area contributed by atoms with Gasteiger partial charge in [0.15, 0.2) is 0 Å². The molecule has 1 amide bonds. The molecule has 2 N–H and O–H groups in total. The molecule has 1 fully saturated rings. The number of aliphatic hydroxyl groups excluding tert-OH is 1. The Kier molecular flexibility index (Phi) is 6.74. The Balaban J connectivity index is 1.82. The van der Waals surface area contributed by atoms with Gasteiger partial charge in [0.25, 0.3) is 11.7 Å². The number of carboxylic acid groups (broad SMARTS) is 1. The summed E-state index contributed by atoms with van der Waals surface area (Å²) in [6.45, 7) is 6.34. The lowest BCUT2D eigenvalue weighted by Gasteiger charge is -2.26. The number of rotatable bonds is 5. The molecule has 0 aromatic heterocycles. The first kappa shape index (κ1) is 25.2. The molecule has 1 heterocycles. The van der Waals surface area contributed by atoms with Crippen LogP contribution in [-0.2, 0) is 21.5 Å². The minimum absolute atomic E-state index is 0.00649. The van der Waals surface area contributed by atoms with E-state index < -0.39 is 23.7 Å². The molecule has 1 unspecified atom stereocenters. The van der Waals surface area contributed by atoms with E-state index in [9.17, 15) is 24.6 Å². The number of aliphatic hydroxyl groups is 1. The lowest BCUT2D eigenvalue weighted by molar-refractivity contribution is -0.140. The number of halogens is 1. The molecule has 184 valence electrons. The molecule has 1 saturated heterocycles. The molecule has 0 radical (unpaired) electrons. The highest BCUT2D eigenvalue weighted by atomic mass is 35.5. The van der Waals surface area contributed by atoms with Gasteiger partial charge in [-0.05, 0) is 58.5 Å². The van der Waals surface area contributed by atoms with E-state index in [0.717, 1.165) is 5.56 Å². The van der Waals surface area contributed by atoms with Gasteiger partial charge in [-0.3, -0.25) is 9.59 Å². The van der Waals surface area contributed by atoms with Gasteiger partial charge >= 0.3 is 5.97 Å². The molecular formula is C29H26ClNO5. The molecule has 36 heavy (non-hydrogen) atoms. The number of amides is 1. The summed E-state index contributed by atoms with van der Waals surface area (Å²) in [7, 11) is 0. The number of likely N-dealkylation sites (tertiary alicyclic amines) is 1. The van der Waals surface area contributed by atoms with Gasteiger partial charge in [0, 0.05) is 17.1 Å². The van der Waals surface area contributed by atoms with Crippen LogP contribution in [0.25, 0.3) is 5.76 Å². The Morgan fingerprint density at radius 2 is 1.42 bits per heavy atom. The largest absolute Gasteiger partial charge is 0.507 e. The van der Waals surface area contributed by atoms with Crippen molar-refractivity contribution in [3.63, 3.8) is 0 Å². The van der Waals surface area contributed by atoms with Crippen molar-refractivity contribution in [2.75, 3.05) is 0 Å². The Labute approximate surface area is 214 Å². The molecular weight excluding hydrogens is 478 g/mol. The van der Waals surface area contributed by atoms with Crippen LogP contribution in [0.2, 0.25) is 5.02 Å². The van der Waals surface area contributed by atoms with Crippen molar-refractivity contribution in [3.8, 4) is 0 Å². The van der Waals surface area contributed by atoms with Crippen molar-refractivity contribution in [2.45, 2.75) is 38.8 Å². The fourth-order valence-corrected chi connectivity index (χ4v) is 4.39. The van der Waals surface area contributed by atoms with E-state index in [1.807, 2.05) is 24.3 Å². The van der Waals surface area contributed by atoms with Crippen LogP contribution < -0.4 is 0 Å². The van der Waals surface area contributed by atoms with Gasteiger partial charge in [0.1, 0.15) is 5.76 Å². The number of carboxylic acids is 1. The maximum absolute atomic E-state index is 13.2. The summed E-state index contributed by atoms with van der Waals surface area (Å²) in [5, 5.41) is 20.8. The fourth-order valence-electron chi connectivity index (χ4n) is 4.27. The molecule has 6 nitrogen and oxygen atoms in total. The number of aromatic carboxylic acids is 1. The van der Waals surface area contributed by atoms with Gasteiger partial charge in [0.05, 0.1) is 17.2 Å². The van der Waals surface area contributed by atoms with E-state index in [-0.39, 0.29) is 28.9 Å². The van der Waals surface area contributed by atoms with Crippen molar-refractivity contribution in [2.24, 2.45) is 0 Å². The number of carbonyl (C=O) groups is 3. The van der Waals surface area contributed by atoms with Crippen LogP contribution in [0.4, 0.5) is 0 Å². The minimum atomic E-state index is -1.05. The first-order valence-corrected chi connectivity index (χ1v) is 11.8. The van der Waals surface area contributed by atoms with Crippen LogP contribution >= 0.6 is 11.6 Å². The predicted octanol–water partition coefficient (Wildman–Crippen LogP) is 5.96. The Morgan fingerprint density at radius 3 is 1.94 bits per heavy atom. The highest BCUT2D eigenvalue weighted by Gasteiger charge is 2.46. The number of hydrogen-bond acceptors (Lipinski definition) is 4. The topological polar surface area (TPSA) is 94.9 Å². The lowest BCUT2D eigenvalue weighted by atomic mass is 9.85. The van der Waals surface area contributed by atoms with Crippen molar-refractivity contribution in [1.82, 2.24) is 4.90 Å². The molecule has 0 saturated carbocycles. The Bertz CT molecular complexity index is 1350. The van der Waals surface area contributed by atoms with Crippen LogP contribution in [-0.4, -0.2) is 32.8 Å². The second-order valence-corrected chi connectivity index (χ2v) is 10.2. The standard InChI is InChI=1S/C29H26ClNO5/c1-29(2,3)21-12-8-18(9-13-21)24-23(25(32)19-10-14-22(30)15-11-19)26(33)27(34)31(24)16-17-4-6-20(7-5-17)28(35)36/h4-15,24,32H,16H2,1-3H3,(H,35,36)/b25-23+. The number of Topliss-reactive ketones (excluding diaryl/α,β-unsaturated/α-hetero) is 1. The summed E-state index contributed by atoms with van der Waals surface area (Å²) in [6, 6.07) is 19.3. The first-order valence-electron chi connectivity index (χ1n) is 11.4. The van der Waals surface area contributed by atoms with Crippen LogP contribution in [0.15, 0.2) is 78.4 Å². The Morgan fingerprint density at radius 1 is 0.861 bits per heavy atom. The fraction of sp³-hybridized carbons (Fsp3) is 0.207. The maximum atomic E-state index is 13.2. The van der Waals surface area contributed by atoms with Crippen LogP contribution in [0.1, 0.15) is 59.4 Å². The summed E-state index contributed by atoms with van der Waals surface area (Å²) < 4.78 is 0. The number of carbonyl (C=O) groups excluding carboxylic acids is 2. The number of ketones is 1. The third-order valence-corrected chi connectivity index (χ3v) is 6.56. The summed E-state index contributed by atoms with van der Waals surface area (Å²) in [4.78, 5) is 39.1. The molecule has 7 heteroatoms. The summed E-state index contributed by atoms with van der Waals surface area (Å²) in [5.74, 6) is -2.85. The smallest absolute Gasteiger partial charge is 0.335 e. The summed E-state index contributed by atoms with van der Waals surface area (Å²) in [5.41, 5.74) is 2.83. The predicted molar refractivity (Wildman–Crippen MR) is 138 cm³/mol. The van der Waals surface area contributed by atoms with Crippen LogP contribution in [0.5, 0.6) is 0 Å². The average Bonchev–Trinajstić information content (AvgIpc) is 3.09.